The summed E-state index contributed by atoms with van der Waals surface area (Å²) >= 11 is 0. The molecule has 1 atom stereocenters. The fourth-order valence-corrected chi connectivity index (χ4v) is 2.74. The Labute approximate surface area is 122 Å². The molecule has 0 saturated heterocycles. The monoisotopic (exact) mass is 268 g/mol. The number of aryl methyl sites for hydroxylation is 1. The zero-order valence-corrected chi connectivity index (χ0v) is 12.9. The molecule has 2 aromatic rings. The maximum atomic E-state index is 10.1. The number of allylic oxidation sites excluding steroid dienone is 2. The van der Waals surface area contributed by atoms with E-state index in [1.807, 2.05) is 25.1 Å². The van der Waals surface area contributed by atoms with Gasteiger partial charge in [0.25, 0.3) is 0 Å². The SMILES string of the molecule is CC(C)=CCC[C@H](C)c1cccc2c(O)cc(C)cc12. The lowest BCUT2D eigenvalue weighted by Crippen LogP contribution is -1.95. The van der Waals surface area contributed by atoms with Crippen LogP contribution < -0.4 is 0 Å². The van der Waals surface area contributed by atoms with Crippen molar-refractivity contribution in [1.29, 1.82) is 0 Å². The number of hydrogen-bond acceptors (Lipinski definition) is 1. The van der Waals surface area contributed by atoms with Gasteiger partial charge in [0.1, 0.15) is 5.75 Å². The van der Waals surface area contributed by atoms with Crippen LogP contribution in [-0.2, 0) is 0 Å². The van der Waals surface area contributed by atoms with Crippen LogP contribution in [0.2, 0.25) is 0 Å². The molecule has 20 heavy (non-hydrogen) atoms. The van der Waals surface area contributed by atoms with Crippen molar-refractivity contribution < 1.29 is 5.11 Å². The third-order valence-corrected chi connectivity index (χ3v) is 3.84. The molecule has 106 valence electrons. The van der Waals surface area contributed by atoms with Gasteiger partial charge in [0.2, 0.25) is 0 Å². The van der Waals surface area contributed by atoms with E-state index in [1.54, 1.807) is 0 Å². The highest BCUT2D eigenvalue weighted by Gasteiger charge is 2.11. The second-order valence-electron chi connectivity index (χ2n) is 5.99. The van der Waals surface area contributed by atoms with Crippen LogP contribution in [0.5, 0.6) is 5.75 Å². The van der Waals surface area contributed by atoms with E-state index in [4.69, 9.17) is 0 Å². The summed E-state index contributed by atoms with van der Waals surface area (Å²) in [6.07, 6.45) is 4.54. The van der Waals surface area contributed by atoms with Gasteiger partial charge < -0.3 is 5.11 Å². The van der Waals surface area contributed by atoms with Gasteiger partial charge in [-0.3, -0.25) is 0 Å². The Bertz CT molecular complexity index is 634. The summed E-state index contributed by atoms with van der Waals surface area (Å²) in [6.45, 7) is 8.59. The Kier molecular flexibility index (Phi) is 4.49. The Morgan fingerprint density at radius 3 is 2.65 bits per heavy atom. The fourth-order valence-electron chi connectivity index (χ4n) is 2.74. The largest absolute Gasteiger partial charge is 0.507 e. The lowest BCUT2D eigenvalue weighted by atomic mass is 9.90. The van der Waals surface area contributed by atoms with E-state index >= 15 is 0 Å². The van der Waals surface area contributed by atoms with E-state index < -0.39 is 0 Å². The fraction of sp³-hybridized carbons (Fsp3) is 0.368. The number of phenols is 1. The summed E-state index contributed by atoms with van der Waals surface area (Å²) in [4.78, 5) is 0. The van der Waals surface area contributed by atoms with Gasteiger partial charge in [0.15, 0.2) is 0 Å². The molecule has 0 spiro atoms. The summed E-state index contributed by atoms with van der Waals surface area (Å²) in [5.41, 5.74) is 3.83. The number of phenolic OH excluding ortho intramolecular Hbond substituents is 1. The average molecular weight is 268 g/mol. The average Bonchev–Trinajstić information content (AvgIpc) is 2.37. The minimum absolute atomic E-state index is 0.387. The van der Waals surface area contributed by atoms with Crippen molar-refractivity contribution in [2.24, 2.45) is 0 Å². The summed E-state index contributed by atoms with van der Waals surface area (Å²) in [5.74, 6) is 0.883. The highest BCUT2D eigenvalue weighted by molar-refractivity contribution is 5.91. The van der Waals surface area contributed by atoms with E-state index in [1.165, 1.54) is 16.5 Å². The molecule has 1 N–H and O–H groups in total. The van der Waals surface area contributed by atoms with Gasteiger partial charge in [-0.15, -0.1) is 0 Å². The van der Waals surface area contributed by atoms with Crippen LogP contribution in [0, 0.1) is 6.92 Å². The molecule has 0 aliphatic carbocycles. The second-order valence-corrected chi connectivity index (χ2v) is 5.99. The molecule has 0 aliphatic heterocycles. The van der Waals surface area contributed by atoms with E-state index in [0.717, 1.165) is 23.8 Å². The molecule has 2 rings (SSSR count). The molecule has 0 amide bonds. The van der Waals surface area contributed by atoms with Gasteiger partial charge >= 0.3 is 0 Å². The number of aromatic hydroxyl groups is 1. The Morgan fingerprint density at radius 2 is 1.95 bits per heavy atom. The molecular formula is C19H24O. The first-order valence-electron chi connectivity index (χ1n) is 7.34. The molecule has 0 saturated carbocycles. The van der Waals surface area contributed by atoms with Crippen LogP contribution in [0.15, 0.2) is 42.0 Å². The van der Waals surface area contributed by atoms with Gasteiger partial charge in [0.05, 0.1) is 0 Å². The third kappa shape index (κ3) is 3.22. The molecule has 0 unspecified atom stereocenters. The zero-order valence-electron chi connectivity index (χ0n) is 12.9. The van der Waals surface area contributed by atoms with Crippen molar-refractivity contribution in [3.8, 4) is 5.75 Å². The van der Waals surface area contributed by atoms with Crippen molar-refractivity contribution in [2.45, 2.75) is 46.5 Å². The normalized spacial score (nSPS) is 12.4. The van der Waals surface area contributed by atoms with E-state index in [-0.39, 0.29) is 0 Å². The van der Waals surface area contributed by atoms with Gasteiger partial charge in [0, 0.05) is 5.39 Å². The summed E-state index contributed by atoms with van der Waals surface area (Å²) in [6, 6.07) is 10.2. The maximum absolute atomic E-state index is 10.1. The minimum Gasteiger partial charge on any atom is -0.507 e. The van der Waals surface area contributed by atoms with Gasteiger partial charge in [-0.1, -0.05) is 42.8 Å². The van der Waals surface area contributed by atoms with Gasteiger partial charge in [-0.2, -0.15) is 0 Å². The number of fused-ring (bicyclic) bond motifs is 1. The zero-order chi connectivity index (χ0) is 14.7. The molecule has 0 radical (unpaired) electrons. The first kappa shape index (κ1) is 14.6. The van der Waals surface area contributed by atoms with Crippen molar-refractivity contribution in [3.05, 3.63) is 53.1 Å². The van der Waals surface area contributed by atoms with Crippen molar-refractivity contribution in [3.63, 3.8) is 0 Å². The van der Waals surface area contributed by atoms with E-state index in [9.17, 15) is 5.11 Å². The molecule has 0 bridgehead atoms. The van der Waals surface area contributed by atoms with Crippen molar-refractivity contribution in [2.75, 3.05) is 0 Å². The van der Waals surface area contributed by atoms with Crippen LogP contribution in [0.25, 0.3) is 10.8 Å². The molecule has 0 aliphatic rings. The Hall–Kier alpha value is -1.76. The summed E-state index contributed by atoms with van der Waals surface area (Å²) in [7, 11) is 0. The number of benzene rings is 2. The first-order valence-corrected chi connectivity index (χ1v) is 7.34. The van der Waals surface area contributed by atoms with Crippen LogP contribution in [0.3, 0.4) is 0 Å². The molecule has 0 aromatic heterocycles. The van der Waals surface area contributed by atoms with Gasteiger partial charge in [-0.25, -0.2) is 0 Å². The van der Waals surface area contributed by atoms with Gasteiger partial charge in [-0.05, 0) is 62.1 Å². The smallest absolute Gasteiger partial charge is 0.123 e. The summed E-state index contributed by atoms with van der Waals surface area (Å²) < 4.78 is 0. The third-order valence-electron chi connectivity index (χ3n) is 3.84. The molecule has 0 heterocycles. The quantitative estimate of drug-likeness (QED) is 0.705. The van der Waals surface area contributed by atoms with Crippen LogP contribution >= 0.6 is 0 Å². The molecule has 1 heteroatoms. The minimum atomic E-state index is 0.387. The summed E-state index contributed by atoms with van der Waals surface area (Å²) in [5, 5.41) is 12.2. The lowest BCUT2D eigenvalue weighted by molar-refractivity contribution is 0.481. The highest BCUT2D eigenvalue weighted by atomic mass is 16.3. The number of rotatable bonds is 4. The van der Waals surface area contributed by atoms with Crippen LogP contribution in [0.4, 0.5) is 0 Å². The Morgan fingerprint density at radius 1 is 1.20 bits per heavy atom. The molecular weight excluding hydrogens is 244 g/mol. The van der Waals surface area contributed by atoms with E-state index in [0.29, 0.717) is 11.7 Å². The number of hydrogen-bond donors (Lipinski definition) is 1. The van der Waals surface area contributed by atoms with Crippen molar-refractivity contribution >= 4 is 10.8 Å². The Balaban J connectivity index is 2.36. The lowest BCUT2D eigenvalue weighted by Gasteiger charge is -2.15. The molecule has 1 nitrogen and oxygen atoms in total. The highest BCUT2D eigenvalue weighted by Crippen LogP contribution is 2.33. The van der Waals surface area contributed by atoms with Crippen LogP contribution in [-0.4, -0.2) is 5.11 Å². The van der Waals surface area contributed by atoms with E-state index in [2.05, 4.69) is 39.0 Å². The standard InChI is InChI=1S/C19H24O/c1-13(2)7-5-8-15(4)16-9-6-10-17-18(16)11-14(3)12-19(17)20/h6-7,9-12,15,20H,5,8H2,1-4H3/t15-/m0/s1. The predicted molar refractivity (Wildman–Crippen MR) is 87.4 cm³/mol. The predicted octanol–water partition coefficient (Wildman–Crippen LogP) is 5.70. The second kappa shape index (κ2) is 6.13. The molecule has 2 aromatic carbocycles. The maximum Gasteiger partial charge on any atom is 0.123 e. The van der Waals surface area contributed by atoms with Crippen molar-refractivity contribution in [1.82, 2.24) is 0 Å². The topological polar surface area (TPSA) is 20.2 Å². The first-order chi connectivity index (χ1) is 9.49. The van der Waals surface area contributed by atoms with Crippen LogP contribution in [0.1, 0.15) is 50.7 Å². The molecule has 0 fully saturated rings.